The molecule has 10 nitrogen and oxygen atoms in total. The zero-order valence-electron chi connectivity index (χ0n) is 23.0. The van der Waals surface area contributed by atoms with E-state index in [2.05, 4.69) is 20.6 Å². The van der Waals surface area contributed by atoms with Gasteiger partial charge in [0.15, 0.2) is 0 Å². The number of para-hydroxylation sites is 2. The number of imidazole rings is 1. The highest BCUT2D eigenvalue weighted by molar-refractivity contribution is 6.05. The summed E-state index contributed by atoms with van der Waals surface area (Å²) in [5.74, 6) is -0.268. The van der Waals surface area contributed by atoms with Crippen LogP contribution in [0.2, 0.25) is 0 Å². The molecule has 0 unspecified atom stereocenters. The van der Waals surface area contributed by atoms with E-state index in [9.17, 15) is 14.4 Å². The Morgan fingerprint density at radius 2 is 1.88 bits per heavy atom. The van der Waals surface area contributed by atoms with Crippen molar-refractivity contribution in [3.8, 4) is 0 Å². The van der Waals surface area contributed by atoms with Crippen molar-refractivity contribution >= 4 is 35.7 Å². The number of amides is 2. The highest BCUT2D eigenvalue weighted by Gasteiger charge is 2.15. The summed E-state index contributed by atoms with van der Waals surface area (Å²) in [6.07, 6.45) is 14.7. The molecule has 0 saturated carbocycles. The minimum Gasteiger partial charge on any atom is -0.445 e. The first kappa shape index (κ1) is 28.2. The fourth-order valence-corrected chi connectivity index (χ4v) is 4.60. The molecule has 2 heterocycles. The van der Waals surface area contributed by atoms with Crippen LogP contribution in [0.3, 0.4) is 0 Å². The van der Waals surface area contributed by atoms with Gasteiger partial charge in [0.2, 0.25) is 0 Å². The molecule has 214 valence electrons. The van der Waals surface area contributed by atoms with Crippen molar-refractivity contribution in [2.75, 3.05) is 24.2 Å². The molecule has 0 bridgehead atoms. The highest BCUT2D eigenvalue weighted by Crippen LogP contribution is 2.19. The molecule has 5 rings (SSSR count). The lowest BCUT2D eigenvalue weighted by atomic mass is 10.1. The van der Waals surface area contributed by atoms with Crippen LogP contribution in [-0.2, 0) is 17.7 Å². The van der Waals surface area contributed by atoms with Gasteiger partial charge >= 0.3 is 11.8 Å². The van der Waals surface area contributed by atoms with Crippen LogP contribution in [0, 0.1) is 0 Å². The lowest BCUT2D eigenvalue weighted by Crippen LogP contribution is -2.26. The Morgan fingerprint density at radius 1 is 1.05 bits per heavy atom. The fourth-order valence-electron chi connectivity index (χ4n) is 4.60. The molecule has 0 radical (unpaired) electrons. The van der Waals surface area contributed by atoms with Crippen molar-refractivity contribution in [2.24, 2.45) is 4.99 Å². The first-order valence-electron chi connectivity index (χ1n) is 13.7. The third kappa shape index (κ3) is 7.22. The van der Waals surface area contributed by atoms with E-state index in [1.165, 1.54) is 0 Å². The van der Waals surface area contributed by atoms with Gasteiger partial charge in [-0.3, -0.25) is 14.4 Å². The molecule has 1 aromatic heterocycles. The summed E-state index contributed by atoms with van der Waals surface area (Å²) in [5, 5.41) is 5.60. The average Bonchev–Trinajstić information content (AvgIpc) is 3.13. The molecule has 3 aromatic rings. The lowest BCUT2D eigenvalue weighted by Gasteiger charge is -2.11. The molecule has 0 fully saturated rings. The van der Waals surface area contributed by atoms with Crippen molar-refractivity contribution in [1.29, 1.82) is 0 Å². The second-order valence-electron chi connectivity index (χ2n) is 9.87. The quantitative estimate of drug-likeness (QED) is 0.296. The zero-order chi connectivity index (χ0) is 29.3. The number of hydrogen-bond acceptors (Lipinski definition) is 6. The molecule has 10 heteroatoms. The van der Waals surface area contributed by atoms with Gasteiger partial charge in [0.25, 0.3) is 5.91 Å². The number of aliphatic imine (C=N–C) groups is 1. The van der Waals surface area contributed by atoms with Crippen LogP contribution in [0.25, 0.3) is 6.08 Å². The number of nitrogens with zero attached hydrogens (tertiary/aromatic N) is 2. The number of aromatic amines is 1. The van der Waals surface area contributed by atoms with E-state index in [1.807, 2.05) is 42.5 Å². The average molecular weight is 565 g/mol. The molecule has 0 atom stereocenters. The van der Waals surface area contributed by atoms with Crippen LogP contribution in [0.15, 0.2) is 100.0 Å². The van der Waals surface area contributed by atoms with Gasteiger partial charge in [0.1, 0.15) is 6.61 Å². The number of rotatable bonds is 8. The van der Waals surface area contributed by atoms with E-state index >= 15 is 0 Å². The molecule has 42 heavy (non-hydrogen) atoms. The van der Waals surface area contributed by atoms with Crippen LogP contribution >= 0.6 is 0 Å². The van der Waals surface area contributed by atoms with Gasteiger partial charge in [-0.1, -0.05) is 48.6 Å². The summed E-state index contributed by atoms with van der Waals surface area (Å²) in [6, 6.07) is 14.2. The molecule has 2 aromatic carbocycles. The van der Waals surface area contributed by atoms with Crippen LogP contribution in [0.1, 0.15) is 40.2 Å². The third-order valence-electron chi connectivity index (χ3n) is 6.85. The maximum Gasteiger partial charge on any atom is 0.407 e. The molecule has 0 saturated heterocycles. The first-order chi connectivity index (χ1) is 20.5. The predicted octanol–water partition coefficient (Wildman–Crippen LogP) is 4.59. The minimum atomic E-state index is -0.516. The minimum absolute atomic E-state index is 0.140. The first-order valence-corrected chi connectivity index (χ1v) is 13.7. The summed E-state index contributed by atoms with van der Waals surface area (Å²) in [6.45, 7) is 0.770. The molecular weight excluding hydrogens is 532 g/mol. The Balaban J connectivity index is 1.20. The normalized spacial score (nSPS) is 16.1. The van der Waals surface area contributed by atoms with Crippen LogP contribution < -0.4 is 22.1 Å². The Bertz CT molecular complexity index is 1670. The van der Waals surface area contributed by atoms with Crippen molar-refractivity contribution in [3.05, 3.63) is 123 Å². The summed E-state index contributed by atoms with van der Waals surface area (Å²) < 4.78 is 6.98. The number of alkyl carbamates (subject to hydrolysis) is 1. The van der Waals surface area contributed by atoms with Crippen molar-refractivity contribution in [3.63, 3.8) is 0 Å². The number of hydrogen-bond donors (Lipinski definition) is 4. The van der Waals surface area contributed by atoms with Crippen molar-refractivity contribution in [2.45, 2.75) is 25.8 Å². The van der Waals surface area contributed by atoms with Gasteiger partial charge in [0.05, 0.1) is 23.6 Å². The van der Waals surface area contributed by atoms with E-state index in [0.29, 0.717) is 42.9 Å². The molecule has 1 aliphatic heterocycles. The molecular formula is C32H32N6O4. The van der Waals surface area contributed by atoms with Gasteiger partial charge in [0, 0.05) is 42.2 Å². The van der Waals surface area contributed by atoms with Gasteiger partial charge < -0.3 is 26.1 Å². The number of allylic oxidation sites excluding steroid dienone is 2. The standard InChI is InChI=1S/C32H32N6O4/c33-26-8-1-2-9-27(26)36-30(39)25-14-11-23(12-15-25)20-38-29-16-13-22(7-5-10-28(29)37-31(38)40)19-35-32(41)42-21-24-6-3-4-17-34-18-24/h1-3,6-9,11-18H,4-5,10,19-21,33H2,(H,35,41)(H,36,39)(H,37,40)/b16-13-,22-7+. The van der Waals surface area contributed by atoms with Gasteiger partial charge in [-0.25, -0.2) is 9.59 Å². The third-order valence-corrected chi connectivity index (χ3v) is 6.85. The largest absolute Gasteiger partial charge is 0.445 e. The predicted molar refractivity (Wildman–Crippen MR) is 165 cm³/mol. The van der Waals surface area contributed by atoms with Gasteiger partial charge in [-0.15, -0.1) is 0 Å². The second-order valence-corrected chi connectivity index (χ2v) is 9.87. The number of fused-ring (bicyclic) bond motifs is 1. The van der Waals surface area contributed by atoms with E-state index < -0.39 is 6.09 Å². The summed E-state index contributed by atoms with van der Waals surface area (Å²) >= 11 is 0. The van der Waals surface area contributed by atoms with E-state index in [0.717, 1.165) is 34.5 Å². The fraction of sp³-hybridized carbons (Fsp3) is 0.188. The number of aryl methyl sites for hydroxylation is 1. The van der Waals surface area contributed by atoms with E-state index in [-0.39, 0.29) is 18.2 Å². The number of nitrogens with two attached hydrogens (primary N) is 1. The monoisotopic (exact) mass is 564 g/mol. The molecule has 0 spiro atoms. The molecule has 5 N–H and O–H groups in total. The molecule has 1 aliphatic carbocycles. The van der Waals surface area contributed by atoms with Crippen molar-refractivity contribution in [1.82, 2.24) is 14.9 Å². The second kappa shape index (κ2) is 13.3. The number of carbonyl (C=O) groups excluding carboxylic acids is 2. The summed E-state index contributed by atoms with van der Waals surface area (Å²) in [7, 11) is 0. The molecule has 2 aliphatic rings. The summed E-state index contributed by atoms with van der Waals surface area (Å²) in [5.41, 5.74) is 11.5. The number of carbonyl (C=O) groups is 2. The number of aromatic nitrogens is 2. The summed E-state index contributed by atoms with van der Waals surface area (Å²) in [4.78, 5) is 44.9. The van der Waals surface area contributed by atoms with Crippen molar-refractivity contribution < 1.29 is 14.3 Å². The maximum absolute atomic E-state index is 12.9. The van der Waals surface area contributed by atoms with Crippen LogP contribution in [-0.4, -0.2) is 40.9 Å². The number of benzene rings is 2. The number of nitrogen functional groups attached to an aromatic ring is 1. The number of nitrogens with one attached hydrogen (secondary N) is 3. The van der Waals surface area contributed by atoms with Crippen LogP contribution in [0.4, 0.5) is 16.2 Å². The Kier molecular flexibility index (Phi) is 8.93. The lowest BCUT2D eigenvalue weighted by molar-refractivity contribution is 0.102. The molecule has 2 amide bonds. The Hall–Kier alpha value is -5.38. The Labute approximate surface area is 243 Å². The number of anilines is 2. The van der Waals surface area contributed by atoms with E-state index in [1.54, 1.807) is 53.4 Å². The SMILES string of the molecule is Nc1ccccc1NC(=O)c1ccc(Cn2c3c([nH]c2=O)CC/C=C(CNC(=O)OCC2=CN=CCC=C2)\C=C/3)cc1. The Morgan fingerprint density at radius 3 is 2.71 bits per heavy atom. The zero-order valence-corrected chi connectivity index (χ0v) is 23.0. The highest BCUT2D eigenvalue weighted by atomic mass is 16.5. The maximum atomic E-state index is 12.9. The topological polar surface area (TPSA) is 144 Å². The van der Waals surface area contributed by atoms with Gasteiger partial charge in [-0.05, 0) is 54.3 Å². The number of ether oxygens (including phenoxy) is 1. The van der Waals surface area contributed by atoms with Crippen LogP contribution in [0.5, 0.6) is 0 Å². The smallest absolute Gasteiger partial charge is 0.407 e. The van der Waals surface area contributed by atoms with Gasteiger partial charge in [-0.2, -0.15) is 0 Å². The number of H-pyrrole nitrogens is 1. The van der Waals surface area contributed by atoms with E-state index in [4.69, 9.17) is 10.5 Å².